The molecule has 30 heavy (non-hydrogen) atoms. The molecular weight excluding hydrogens is 386 g/mol. The number of nitrogens with one attached hydrogen (secondary N) is 1. The topological polar surface area (TPSA) is 29.1 Å². The summed E-state index contributed by atoms with van der Waals surface area (Å²) >= 11 is 1.65. The summed E-state index contributed by atoms with van der Waals surface area (Å²) in [5, 5.41) is 3.13. The first-order chi connectivity index (χ1) is 14.8. The quantitative estimate of drug-likeness (QED) is 0.361. The Bertz CT molecular complexity index is 1110. The third-order valence-electron chi connectivity index (χ3n) is 4.89. The minimum Gasteiger partial charge on any atom is -0.321 e. The van der Waals surface area contributed by atoms with Crippen LogP contribution in [0.5, 0.6) is 0 Å². The van der Waals surface area contributed by atoms with Gasteiger partial charge in [0.2, 0.25) is 0 Å². The Hall–Kier alpha value is -3.30. The molecule has 0 bridgehead atoms. The second-order valence-corrected chi connectivity index (χ2v) is 8.12. The van der Waals surface area contributed by atoms with Crippen molar-refractivity contribution in [2.75, 3.05) is 5.32 Å². The van der Waals surface area contributed by atoms with Crippen LogP contribution in [0.4, 0.5) is 5.69 Å². The van der Waals surface area contributed by atoms with Crippen molar-refractivity contribution < 1.29 is 4.79 Å². The first kappa shape index (κ1) is 20.0. The van der Waals surface area contributed by atoms with Crippen LogP contribution in [0.3, 0.4) is 0 Å². The Kier molecular flexibility index (Phi) is 6.63. The fourth-order valence-corrected chi connectivity index (χ4v) is 4.27. The van der Waals surface area contributed by atoms with Gasteiger partial charge < -0.3 is 5.32 Å². The first-order valence-electron chi connectivity index (χ1n) is 10.0. The largest absolute Gasteiger partial charge is 0.321 e. The predicted octanol–water partition coefficient (Wildman–Crippen LogP) is 6.88. The summed E-state index contributed by atoms with van der Waals surface area (Å²) in [5.41, 5.74) is 3.89. The van der Waals surface area contributed by atoms with Crippen molar-refractivity contribution in [1.82, 2.24) is 0 Å². The first-order valence-corrected chi connectivity index (χ1v) is 10.9. The van der Waals surface area contributed by atoms with E-state index in [-0.39, 0.29) is 5.91 Å². The van der Waals surface area contributed by atoms with Crippen LogP contribution < -0.4 is 5.32 Å². The van der Waals surface area contributed by atoms with Gasteiger partial charge in [0.1, 0.15) is 0 Å². The van der Waals surface area contributed by atoms with Gasteiger partial charge in [-0.05, 0) is 54.3 Å². The smallest absolute Gasteiger partial charge is 0.255 e. The zero-order valence-electron chi connectivity index (χ0n) is 16.6. The van der Waals surface area contributed by atoms with Crippen molar-refractivity contribution in [3.05, 3.63) is 126 Å². The molecule has 0 heterocycles. The molecule has 0 saturated carbocycles. The van der Waals surface area contributed by atoms with E-state index in [4.69, 9.17) is 0 Å². The molecule has 4 rings (SSSR count). The van der Waals surface area contributed by atoms with Gasteiger partial charge in [-0.1, -0.05) is 90.6 Å². The van der Waals surface area contributed by atoms with Gasteiger partial charge >= 0.3 is 0 Å². The van der Waals surface area contributed by atoms with Crippen molar-refractivity contribution in [3.8, 4) is 0 Å². The lowest BCUT2D eigenvalue weighted by molar-refractivity contribution is 0.102. The number of hydrogen-bond acceptors (Lipinski definition) is 2. The highest BCUT2D eigenvalue weighted by Crippen LogP contribution is 2.33. The summed E-state index contributed by atoms with van der Waals surface area (Å²) in [6.07, 6.45) is 1.74. The monoisotopic (exact) mass is 409 g/mol. The minimum atomic E-state index is -0.0697. The summed E-state index contributed by atoms with van der Waals surface area (Å²) in [7, 11) is 0. The van der Waals surface area contributed by atoms with Gasteiger partial charge in [-0.15, -0.1) is 0 Å². The normalized spacial score (nSPS) is 10.5. The van der Waals surface area contributed by atoms with Crippen LogP contribution in [0, 0.1) is 0 Å². The van der Waals surface area contributed by atoms with Crippen LogP contribution in [0.15, 0.2) is 119 Å². The molecule has 0 radical (unpaired) electrons. The Morgan fingerprint density at radius 3 is 2.10 bits per heavy atom. The SMILES string of the molecule is O=C(Nc1ccccc1Sc1ccccc1)c1ccccc1CCc1ccccc1. The fraction of sp³-hybridized carbons (Fsp3) is 0.0741. The fourth-order valence-electron chi connectivity index (χ4n) is 3.35. The Balaban J connectivity index is 1.51. The number of aryl methyl sites for hydroxylation is 2. The molecule has 0 spiro atoms. The maximum absolute atomic E-state index is 13.1. The summed E-state index contributed by atoms with van der Waals surface area (Å²) in [4.78, 5) is 15.3. The van der Waals surface area contributed by atoms with Gasteiger partial charge in [-0.25, -0.2) is 0 Å². The summed E-state index contributed by atoms with van der Waals surface area (Å²) < 4.78 is 0. The Labute approximate surface area is 182 Å². The van der Waals surface area contributed by atoms with E-state index in [1.165, 1.54) is 5.56 Å². The molecule has 0 fully saturated rings. The van der Waals surface area contributed by atoms with Crippen LogP contribution in [-0.2, 0) is 12.8 Å². The Morgan fingerprint density at radius 1 is 0.667 bits per heavy atom. The second-order valence-electron chi connectivity index (χ2n) is 7.01. The molecule has 0 aromatic heterocycles. The van der Waals surface area contributed by atoms with Crippen LogP contribution >= 0.6 is 11.8 Å². The zero-order chi connectivity index (χ0) is 20.6. The lowest BCUT2D eigenvalue weighted by Gasteiger charge is -2.13. The maximum atomic E-state index is 13.1. The number of carbonyl (C=O) groups excluding carboxylic acids is 1. The van der Waals surface area contributed by atoms with E-state index >= 15 is 0 Å². The molecule has 1 amide bonds. The molecule has 4 aromatic rings. The third kappa shape index (κ3) is 5.19. The van der Waals surface area contributed by atoms with Gasteiger partial charge in [-0.3, -0.25) is 4.79 Å². The highest BCUT2D eigenvalue weighted by atomic mass is 32.2. The number of rotatable bonds is 7. The van der Waals surface area contributed by atoms with Gasteiger partial charge in [0.15, 0.2) is 0 Å². The summed E-state index contributed by atoms with van der Waals surface area (Å²) in [5.74, 6) is -0.0697. The standard InChI is InChI=1S/C27H23NOS/c29-27(24-16-8-7-13-22(24)20-19-21-11-3-1-4-12-21)28-25-17-9-10-18-26(25)30-23-14-5-2-6-15-23/h1-18H,19-20H2,(H,28,29). The van der Waals surface area contributed by atoms with E-state index in [0.717, 1.165) is 39.4 Å². The molecule has 0 unspecified atom stereocenters. The minimum absolute atomic E-state index is 0.0697. The number of benzene rings is 4. The van der Waals surface area contributed by atoms with Crippen LogP contribution in [0.1, 0.15) is 21.5 Å². The maximum Gasteiger partial charge on any atom is 0.255 e. The van der Waals surface area contributed by atoms with Gasteiger partial charge in [0, 0.05) is 15.4 Å². The Morgan fingerprint density at radius 2 is 1.30 bits per heavy atom. The van der Waals surface area contributed by atoms with Gasteiger partial charge in [0.05, 0.1) is 5.69 Å². The second kappa shape index (κ2) is 9.95. The van der Waals surface area contributed by atoms with E-state index < -0.39 is 0 Å². The van der Waals surface area contributed by atoms with E-state index in [1.54, 1.807) is 11.8 Å². The molecule has 0 atom stereocenters. The molecule has 0 saturated heterocycles. The van der Waals surface area contributed by atoms with E-state index in [0.29, 0.717) is 0 Å². The van der Waals surface area contributed by atoms with Crippen molar-refractivity contribution in [2.24, 2.45) is 0 Å². The van der Waals surface area contributed by atoms with Crippen LogP contribution in [0.2, 0.25) is 0 Å². The van der Waals surface area contributed by atoms with Crippen LogP contribution in [0.25, 0.3) is 0 Å². The predicted molar refractivity (Wildman–Crippen MR) is 125 cm³/mol. The average molecular weight is 410 g/mol. The molecule has 0 aliphatic heterocycles. The molecule has 2 nitrogen and oxygen atoms in total. The molecule has 3 heteroatoms. The zero-order valence-corrected chi connectivity index (χ0v) is 17.4. The lowest BCUT2D eigenvalue weighted by Crippen LogP contribution is -2.15. The van der Waals surface area contributed by atoms with Crippen molar-refractivity contribution in [1.29, 1.82) is 0 Å². The van der Waals surface area contributed by atoms with E-state index in [1.807, 2.05) is 72.8 Å². The van der Waals surface area contributed by atoms with Crippen LogP contribution in [-0.4, -0.2) is 5.91 Å². The highest BCUT2D eigenvalue weighted by Gasteiger charge is 2.13. The average Bonchev–Trinajstić information content (AvgIpc) is 2.80. The molecule has 1 N–H and O–H groups in total. The summed E-state index contributed by atoms with van der Waals surface area (Å²) in [6.45, 7) is 0. The van der Waals surface area contributed by atoms with Crippen molar-refractivity contribution >= 4 is 23.4 Å². The van der Waals surface area contributed by atoms with Gasteiger partial charge in [-0.2, -0.15) is 0 Å². The third-order valence-corrected chi connectivity index (χ3v) is 5.98. The number of amides is 1. The van der Waals surface area contributed by atoms with Crippen molar-refractivity contribution in [2.45, 2.75) is 22.6 Å². The van der Waals surface area contributed by atoms with E-state index in [2.05, 4.69) is 41.7 Å². The number of anilines is 1. The molecular formula is C27H23NOS. The molecule has 148 valence electrons. The summed E-state index contributed by atoms with van der Waals surface area (Å²) in [6, 6.07) is 36.4. The molecule has 0 aliphatic rings. The lowest BCUT2D eigenvalue weighted by atomic mass is 9.99. The number of carbonyl (C=O) groups is 1. The van der Waals surface area contributed by atoms with E-state index in [9.17, 15) is 4.79 Å². The van der Waals surface area contributed by atoms with Gasteiger partial charge in [0.25, 0.3) is 5.91 Å². The number of para-hydroxylation sites is 1. The highest BCUT2D eigenvalue weighted by molar-refractivity contribution is 7.99. The number of hydrogen-bond donors (Lipinski definition) is 1. The molecule has 4 aromatic carbocycles. The van der Waals surface area contributed by atoms with Crippen molar-refractivity contribution in [3.63, 3.8) is 0 Å². The molecule has 0 aliphatic carbocycles.